The van der Waals surface area contributed by atoms with Crippen molar-refractivity contribution in [1.29, 1.82) is 0 Å². The summed E-state index contributed by atoms with van der Waals surface area (Å²) in [5, 5.41) is 5.87. The average Bonchev–Trinajstić information content (AvgIpc) is 2.67. The summed E-state index contributed by atoms with van der Waals surface area (Å²) in [5.41, 5.74) is 1.79. The van der Waals surface area contributed by atoms with Crippen LogP contribution in [-0.2, 0) is 4.79 Å². The second-order valence-electron chi connectivity index (χ2n) is 6.02. The van der Waals surface area contributed by atoms with E-state index >= 15 is 0 Å². The van der Waals surface area contributed by atoms with Gasteiger partial charge in [0.2, 0.25) is 12.3 Å². The molecule has 0 saturated carbocycles. The molecule has 28 heavy (non-hydrogen) atoms. The summed E-state index contributed by atoms with van der Waals surface area (Å²) in [7, 11) is 0. The molecule has 1 unspecified atom stereocenters. The molecule has 1 heterocycles. The molecule has 0 bridgehead atoms. The van der Waals surface area contributed by atoms with E-state index in [1.54, 1.807) is 6.92 Å². The molecule has 0 radical (unpaired) electrons. The molecule has 6 heteroatoms. The predicted molar refractivity (Wildman–Crippen MR) is 113 cm³/mol. The van der Waals surface area contributed by atoms with Crippen LogP contribution in [0.15, 0.2) is 36.5 Å². The van der Waals surface area contributed by atoms with Gasteiger partial charge < -0.3 is 15.4 Å². The molecule has 156 valence electrons. The van der Waals surface area contributed by atoms with Crippen LogP contribution >= 0.6 is 0 Å². The highest BCUT2D eigenvalue weighted by Gasteiger charge is 2.04. The minimum absolute atomic E-state index is 0.288. The second-order valence-corrected chi connectivity index (χ2v) is 6.02. The molecule has 0 spiro atoms. The van der Waals surface area contributed by atoms with Gasteiger partial charge in [0.05, 0.1) is 6.20 Å². The molecule has 0 fully saturated rings. The van der Waals surface area contributed by atoms with Crippen molar-refractivity contribution in [3.63, 3.8) is 0 Å². The molecule has 0 aliphatic rings. The van der Waals surface area contributed by atoms with Gasteiger partial charge >= 0.3 is 0 Å². The summed E-state index contributed by atoms with van der Waals surface area (Å²) in [6.45, 7) is 13.8. The minimum Gasteiger partial charge on any atom is -0.439 e. The Labute approximate surface area is 168 Å². The fourth-order valence-electron chi connectivity index (χ4n) is 2.12. The Kier molecular flexibility index (Phi) is 14.2. The van der Waals surface area contributed by atoms with Crippen LogP contribution in [0.2, 0.25) is 0 Å². The summed E-state index contributed by atoms with van der Waals surface area (Å²) >= 11 is 0. The fourth-order valence-corrected chi connectivity index (χ4v) is 2.12. The molecule has 1 aromatic carbocycles. The number of hydrogen-bond acceptors (Lipinski definition) is 4. The molecule has 1 aromatic heterocycles. The number of rotatable bonds is 8. The van der Waals surface area contributed by atoms with Gasteiger partial charge in [-0.1, -0.05) is 32.9 Å². The number of aryl methyl sites for hydroxylation is 2. The van der Waals surface area contributed by atoms with E-state index in [0.717, 1.165) is 37.7 Å². The lowest BCUT2D eigenvalue weighted by molar-refractivity contribution is -0.110. The third-order valence-electron chi connectivity index (χ3n) is 3.56. The van der Waals surface area contributed by atoms with Crippen LogP contribution < -0.4 is 15.4 Å². The van der Waals surface area contributed by atoms with Crippen LogP contribution in [0.25, 0.3) is 0 Å². The smallest absolute Gasteiger partial charge is 0.222 e. The minimum atomic E-state index is -0.353. The monoisotopic (exact) mass is 391 g/mol. The molecule has 2 N–H and O–H groups in total. The Morgan fingerprint density at radius 2 is 1.96 bits per heavy atom. The number of halogens is 1. The standard InChI is InChI=1S/C13H12FNO.C7H16N2O.C2H6/c1-9-4-3-5-12(6-9)16-13-10(2)7-11(14)8-15-13;1-3-8-5-4-7(2)9-6-10;1-2/h3-8H,1-2H3;6-8H,3-5H2,1-2H3,(H,9,10);1-2H3. The number of amides is 1. The molecular weight excluding hydrogens is 357 g/mol. The fraction of sp³-hybridized carbons (Fsp3) is 0.455. The van der Waals surface area contributed by atoms with Gasteiger partial charge in [-0.3, -0.25) is 4.79 Å². The van der Waals surface area contributed by atoms with Gasteiger partial charge in [0.1, 0.15) is 11.6 Å². The van der Waals surface area contributed by atoms with Crippen molar-refractivity contribution >= 4 is 6.41 Å². The summed E-state index contributed by atoms with van der Waals surface area (Å²) in [4.78, 5) is 13.8. The van der Waals surface area contributed by atoms with E-state index in [1.807, 2.05) is 52.0 Å². The van der Waals surface area contributed by atoms with Crippen molar-refractivity contribution in [3.05, 3.63) is 53.5 Å². The SMILES string of the molecule is CC.CCNCCC(C)NC=O.Cc1cccc(Oc2ncc(F)cc2C)c1. The number of nitrogens with one attached hydrogen (secondary N) is 2. The number of hydrogen-bond donors (Lipinski definition) is 2. The van der Waals surface area contributed by atoms with Crippen molar-refractivity contribution in [2.75, 3.05) is 13.1 Å². The van der Waals surface area contributed by atoms with Crippen LogP contribution in [0.1, 0.15) is 45.2 Å². The summed E-state index contributed by atoms with van der Waals surface area (Å²) in [6, 6.07) is 9.33. The van der Waals surface area contributed by atoms with Gasteiger partial charge in [0, 0.05) is 11.6 Å². The third kappa shape index (κ3) is 11.3. The lowest BCUT2D eigenvalue weighted by Crippen LogP contribution is -2.28. The zero-order valence-corrected chi connectivity index (χ0v) is 17.9. The zero-order chi connectivity index (χ0) is 21.4. The van der Waals surface area contributed by atoms with E-state index in [1.165, 1.54) is 6.07 Å². The van der Waals surface area contributed by atoms with Gasteiger partial charge in [-0.05, 0) is 64.0 Å². The van der Waals surface area contributed by atoms with E-state index < -0.39 is 0 Å². The molecule has 0 aliphatic carbocycles. The van der Waals surface area contributed by atoms with Gasteiger partial charge in [0.15, 0.2) is 0 Å². The van der Waals surface area contributed by atoms with Gasteiger partial charge in [-0.2, -0.15) is 0 Å². The van der Waals surface area contributed by atoms with Crippen LogP contribution in [0.5, 0.6) is 11.6 Å². The van der Waals surface area contributed by atoms with E-state index in [4.69, 9.17) is 4.74 Å². The highest BCUT2D eigenvalue weighted by atomic mass is 19.1. The number of aromatic nitrogens is 1. The predicted octanol–water partition coefficient (Wildman–Crippen LogP) is 4.78. The average molecular weight is 392 g/mol. The van der Waals surface area contributed by atoms with Gasteiger partial charge in [0.25, 0.3) is 0 Å². The molecule has 1 atom stereocenters. The first-order chi connectivity index (χ1) is 13.5. The third-order valence-corrected chi connectivity index (χ3v) is 3.56. The first-order valence-corrected chi connectivity index (χ1v) is 9.73. The molecular formula is C22H34FN3O2. The van der Waals surface area contributed by atoms with Crippen molar-refractivity contribution in [3.8, 4) is 11.6 Å². The highest BCUT2D eigenvalue weighted by Crippen LogP contribution is 2.23. The van der Waals surface area contributed by atoms with E-state index in [0.29, 0.717) is 17.2 Å². The number of nitrogens with zero attached hydrogens (tertiary/aromatic N) is 1. The first kappa shape index (κ1) is 25.5. The van der Waals surface area contributed by atoms with Gasteiger partial charge in [-0.15, -0.1) is 0 Å². The summed E-state index contributed by atoms with van der Waals surface area (Å²) in [5.74, 6) is 0.795. The number of ether oxygens (including phenoxy) is 1. The topological polar surface area (TPSA) is 63.2 Å². The first-order valence-electron chi connectivity index (χ1n) is 9.73. The lowest BCUT2D eigenvalue weighted by Gasteiger charge is -2.08. The van der Waals surface area contributed by atoms with E-state index in [2.05, 4.69) is 22.5 Å². The largest absolute Gasteiger partial charge is 0.439 e. The Morgan fingerprint density at radius 3 is 2.54 bits per heavy atom. The Balaban J connectivity index is 0.000000528. The molecule has 1 amide bonds. The van der Waals surface area contributed by atoms with Crippen LogP contribution in [0, 0.1) is 19.7 Å². The van der Waals surface area contributed by atoms with Crippen molar-refractivity contribution in [2.45, 2.75) is 54.0 Å². The Hall–Kier alpha value is -2.47. The van der Waals surface area contributed by atoms with Crippen LogP contribution in [0.4, 0.5) is 4.39 Å². The van der Waals surface area contributed by atoms with Crippen molar-refractivity contribution in [2.24, 2.45) is 0 Å². The number of carbonyl (C=O) groups is 1. The number of carbonyl (C=O) groups excluding carboxylic acids is 1. The van der Waals surface area contributed by atoms with Gasteiger partial charge in [-0.25, -0.2) is 9.37 Å². The number of pyridine rings is 1. The maximum absolute atomic E-state index is 12.8. The normalized spacial score (nSPS) is 10.5. The van der Waals surface area contributed by atoms with Crippen molar-refractivity contribution in [1.82, 2.24) is 15.6 Å². The van der Waals surface area contributed by atoms with E-state index in [-0.39, 0.29) is 11.9 Å². The van der Waals surface area contributed by atoms with E-state index in [9.17, 15) is 9.18 Å². The molecule has 2 rings (SSSR count). The molecule has 0 saturated heterocycles. The second kappa shape index (κ2) is 15.6. The molecule has 0 aliphatic heterocycles. The highest BCUT2D eigenvalue weighted by molar-refractivity contribution is 5.46. The van der Waals surface area contributed by atoms with Crippen molar-refractivity contribution < 1.29 is 13.9 Å². The number of benzene rings is 1. The molecule has 2 aromatic rings. The summed E-state index contributed by atoms with van der Waals surface area (Å²) in [6.07, 6.45) is 2.89. The summed E-state index contributed by atoms with van der Waals surface area (Å²) < 4.78 is 18.4. The zero-order valence-electron chi connectivity index (χ0n) is 17.9. The van der Waals surface area contributed by atoms with Crippen LogP contribution in [-0.4, -0.2) is 30.5 Å². The van der Waals surface area contributed by atoms with Crippen LogP contribution in [0.3, 0.4) is 0 Å². The quantitative estimate of drug-likeness (QED) is 0.502. The maximum Gasteiger partial charge on any atom is 0.222 e. The Morgan fingerprint density at radius 1 is 1.25 bits per heavy atom. The Bertz CT molecular complexity index is 681. The lowest BCUT2D eigenvalue weighted by atomic mass is 10.2. The molecule has 5 nitrogen and oxygen atoms in total. The maximum atomic E-state index is 12.8.